The second-order valence-electron chi connectivity index (χ2n) is 6.08. The van der Waals surface area contributed by atoms with Gasteiger partial charge in [-0.2, -0.15) is 0 Å². The minimum Gasteiger partial charge on any atom is -0.455 e. The van der Waals surface area contributed by atoms with Crippen molar-refractivity contribution in [2.75, 3.05) is 24.2 Å². The molecule has 0 spiro atoms. The number of thioether (sulfide) groups is 1. The highest BCUT2D eigenvalue weighted by Crippen LogP contribution is 2.23. The molecule has 2 aromatic rings. The zero-order valence-electron chi connectivity index (χ0n) is 15.2. The maximum absolute atomic E-state index is 12.3. The summed E-state index contributed by atoms with van der Waals surface area (Å²) in [6.07, 6.45) is 0. The van der Waals surface area contributed by atoms with Gasteiger partial charge >= 0.3 is 5.97 Å². The summed E-state index contributed by atoms with van der Waals surface area (Å²) in [5.41, 5.74) is 0.749. The summed E-state index contributed by atoms with van der Waals surface area (Å²) in [6, 6.07) is 10.5. The molecule has 2 rings (SSSR count). The van der Waals surface area contributed by atoms with Crippen LogP contribution in [0.3, 0.4) is 0 Å². The standard InChI is InChI=1S/C19H22N2O4S2/c1-13(2)10-20-19(24)14-6-3-4-7-15(14)21-16(22)11-25-17(23)12-27-18-8-5-9-26-18/h3-9,13H,10-12H2,1-2H3,(H,20,24)(H,21,22). The number of hydrogen-bond donors (Lipinski definition) is 2. The topological polar surface area (TPSA) is 84.5 Å². The average Bonchev–Trinajstić information content (AvgIpc) is 3.17. The second-order valence-corrected chi connectivity index (χ2v) is 8.30. The van der Waals surface area contributed by atoms with Crippen LogP contribution in [0.4, 0.5) is 5.69 Å². The van der Waals surface area contributed by atoms with Crippen molar-refractivity contribution in [1.29, 1.82) is 0 Å². The molecular formula is C19H22N2O4S2. The van der Waals surface area contributed by atoms with Crippen LogP contribution in [0.1, 0.15) is 24.2 Å². The first kappa shape index (κ1) is 21.0. The van der Waals surface area contributed by atoms with Gasteiger partial charge in [-0.25, -0.2) is 0 Å². The third-order valence-corrected chi connectivity index (χ3v) is 5.41. The van der Waals surface area contributed by atoms with E-state index < -0.39 is 18.5 Å². The van der Waals surface area contributed by atoms with Crippen LogP contribution < -0.4 is 10.6 Å². The number of ether oxygens (including phenoxy) is 1. The van der Waals surface area contributed by atoms with Gasteiger partial charge in [-0.3, -0.25) is 14.4 Å². The largest absolute Gasteiger partial charge is 0.455 e. The molecule has 0 aliphatic rings. The zero-order chi connectivity index (χ0) is 19.6. The highest BCUT2D eigenvalue weighted by atomic mass is 32.2. The first-order chi connectivity index (χ1) is 13.0. The smallest absolute Gasteiger partial charge is 0.316 e. The minimum atomic E-state index is -0.492. The quantitative estimate of drug-likeness (QED) is 0.492. The Hall–Kier alpha value is -2.32. The lowest BCUT2D eigenvalue weighted by Gasteiger charge is -2.12. The Labute approximate surface area is 166 Å². The number of thiophene rings is 1. The highest BCUT2D eigenvalue weighted by Gasteiger charge is 2.14. The fourth-order valence-electron chi connectivity index (χ4n) is 2.03. The molecular weight excluding hydrogens is 384 g/mol. The van der Waals surface area contributed by atoms with E-state index in [-0.39, 0.29) is 11.7 Å². The monoisotopic (exact) mass is 406 g/mol. The van der Waals surface area contributed by atoms with Gasteiger partial charge in [-0.05, 0) is 29.5 Å². The van der Waals surface area contributed by atoms with Crippen LogP contribution >= 0.6 is 23.1 Å². The Bertz CT molecular complexity index is 776. The van der Waals surface area contributed by atoms with Crippen LogP contribution in [-0.2, 0) is 14.3 Å². The first-order valence-corrected chi connectivity index (χ1v) is 10.3. The number of hydrogen-bond acceptors (Lipinski definition) is 6. The van der Waals surface area contributed by atoms with E-state index in [1.807, 2.05) is 31.4 Å². The molecule has 0 saturated heterocycles. The van der Waals surface area contributed by atoms with E-state index in [4.69, 9.17) is 4.74 Å². The molecule has 0 aliphatic carbocycles. The molecule has 2 N–H and O–H groups in total. The first-order valence-electron chi connectivity index (χ1n) is 8.44. The molecule has 8 heteroatoms. The van der Waals surface area contributed by atoms with Gasteiger partial charge in [-0.15, -0.1) is 23.1 Å². The van der Waals surface area contributed by atoms with Gasteiger partial charge in [0.15, 0.2) is 6.61 Å². The summed E-state index contributed by atoms with van der Waals surface area (Å²) in [4.78, 5) is 36.1. The Morgan fingerprint density at radius 1 is 1.15 bits per heavy atom. The summed E-state index contributed by atoms with van der Waals surface area (Å²) in [5, 5.41) is 7.36. The van der Waals surface area contributed by atoms with Crippen molar-refractivity contribution >= 4 is 46.6 Å². The number of para-hydroxylation sites is 1. The summed E-state index contributed by atoms with van der Waals surface area (Å²) < 4.78 is 6.00. The predicted molar refractivity (Wildman–Crippen MR) is 108 cm³/mol. The van der Waals surface area contributed by atoms with Crippen LogP contribution in [0.25, 0.3) is 0 Å². The van der Waals surface area contributed by atoms with Gasteiger partial charge in [0.2, 0.25) is 0 Å². The van der Waals surface area contributed by atoms with E-state index in [1.54, 1.807) is 24.3 Å². The van der Waals surface area contributed by atoms with E-state index >= 15 is 0 Å². The van der Waals surface area contributed by atoms with Crippen molar-refractivity contribution in [2.45, 2.75) is 18.1 Å². The van der Waals surface area contributed by atoms with Crippen LogP contribution in [0.15, 0.2) is 46.0 Å². The molecule has 0 radical (unpaired) electrons. The molecule has 1 aromatic heterocycles. The van der Waals surface area contributed by atoms with Crippen LogP contribution in [-0.4, -0.2) is 36.7 Å². The molecule has 0 aliphatic heterocycles. The molecule has 1 heterocycles. The maximum atomic E-state index is 12.3. The number of amides is 2. The lowest BCUT2D eigenvalue weighted by atomic mass is 10.1. The van der Waals surface area contributed by atoms with Crippen molar-refractivity contribution in [3.8, 4) is 0 Å². The molecule has 1 aromatic carbocycles. The molecule has 0 fully saturated rings. The molecule has 27 heavy (non-hydrogen) atoms. The number of nitrogens with one attached hydrogen (secondary N) is 2. The van der Waals surface area contributed by atoms with Gasteiger partial charge in [0.25, 0.3) is 11.8 Å². The van der Waals surface area contributed by atoms with E-state index in [0.29, 0.717) is 23.7 Å². The van der Waals surface area contributed by atoms with Crippen LogP contribution in [0.5, 0.6) is 0 Å². The Morgan fingerprint density at radius 2 is 1.93 bits per heavy atom. The van der Waals surface area contributed by atoms with Gasteiger partial charge in [0.05, 0.1) is 21.2 Å². The summed E-state index contributed by atoms with van der Waals surface area (Å²) in [7, 11) is 0. The number of rotatable bonds is 9. The number of carbonyl (C=O) groups excluding carboxylic acids is 3. The van der Waals surface area contributed by atoms with Crippen molar-refractivity contribution in [3.63, 3.8) is 0 Å². The lowest BCUT2D eigenvalue weighted by molar-refractivity contribution is -0.144. The fourth-order valence-corrected chi connectivity index (χ4v) is 3.61. The molecule has 6 nitrogen and oxygen atoms in total. The average molecular weight is 407 g/mol. The fraction of sp³-hybridized carbons (Fsp3) is 0.316. The molecule has 2 amide bonds. The van der Waals surface area contributed by atoms with Crippen molar-refractivity contribution in [1.82, 2.24) is 5.32 Å². The normalized spacial score (nSPS) is 10.5. The summed E-state index contributed by atoms with van der Waals surface area (Å²) in [5.74, 6) is -0.756. The van der Waals surface area contributed by atoms with Crippen molar-refractivity contribution in [2.24, 2.45) is 5.92 Å². The van der Waals surface area contributed by atoms with Crippen molar-refractivity contribution < 1.29 is 19.1 Å². The number of anilines is 1. The third kappa shape index (κ3) is 7.44. The molecule has 0 bridgehead atoms. The van der Waals surface area contributed by atoms with E-state index in [1.165, 1.54) is 23.1 Å². The highest BCUT2D eigenvalue weighted by molar-refractivity contribution is 8.01. The summed E-state index contributed by atoms with van der Waals surface area (Å²) in [6.45, 7) is 4.14. The van der Waals surface area contributed by atoms with Crippen molar-refractivity contribution in [3.05, 3.63) is 47.3 Å². The summed E-state index contributed by atoms with van der Waals surface area (Å²) >= 11 is 2.90. The number of benzene rings is 1. The Kier molecular flexibility index (Phi) is 8.35. The third-order valence-electron chi connectivity index (χ3n) is 3.31. The SMILES string of the molecule is CC(C)CNC(=O)c1ccccc1NC(=O)COC(=O)CSc1cccs1. The molecule has 0 unspecified atom stereocenters. The van der Waals surface area contributed by atoms with Gasteiger partial charge < -0.3 is 15.4 Å². The Balaban J connectivity index is 1.82. The maximum Gasteiger partial charge on any atom is 0.316 e. The minimum absolute atomic E-state index is 0.141. The van der Waals surface area contributed by atoms with Gasteiger partial charge in [0, 0.05) is 6.54 Å². The Morgan fingerprint density at radius 3 is 2.63 bits per heavy atom. The van der Waals surface area contributed by atoms with E-state index in [0.717, 1.165) is 4.21 Å². The van der Waals surface area contributed by atoms with Gasteiger partial charge in [-0.1, -0.05) is 32.0 Å². The number of esters is 1. The van der Waals surface area contributed by atoms with E-state index in [9.17, 15) is 14.4 Å². The number of carbonyl (C=O) groups is 3. The van der Waals surface area contributed by atoms with Crippen LogP contribution in [0.2, 0.25) is 0 Å². The molecule has 0 saturated carbocycles. The van der Waals surface area contributed by atoms with Gasteiger partial charge in [0.1, 0.15) is 0 Å². The molecule has 0 atom stereocenters. The zero-order valence-corrected chi connectivity index (χ0v) is 16.8. The predicted octanol–water partition coefficient (Wildman–Crippen LogP) is 3.41. The lowest BCUT2D eigenvalue weighted by Crippen LogP contribution is -2.29. The van der Waals surface area contributed by atoms with Crippen LogP contribution in [0, 0.1) is 5.92 Å². The molecule has 144 valence electrons. The second kappa shape index (κ2) is 10.7. The van der Waals surface area contributed by atoms with E-state index in [2.05, 4.69) is 10.6 Å².